The van der Waals surface area contributed by atoms with E-state index in [0.29, 0.717) is 31.3 Å². The fourth-order valence-corrected chi connectivity index (χ4v) is 2.60. The third-order valence-corrected chi connectivity index (χ3v) is 4.10. The highest BCUT2D eigenvalue weighted by molar-refractivity contribution is 5.85. The van der Waals surface area contributed by atoms with E-state index in [1.54, 1.807) is 0 Å². The molecule has 0 aromatic heterocycles. The van der Waals surface area contributed by atoms with Crippen LogP contribution in [0.5, 0.6) is 0 Å². The second-order valence-corrected chi connectivity index (χ2v) is 5.99. The van der Waals surface area contributed by atoms with Crippen LogP contribution in [0.15, 0.2) is 0 Å². The Balaban J connectivity index is 2.42. The van der Waals surface area contributed by atoms with Crippen LogP contribution < -0.4 is 5.32 Å². The number of hydrogen-bond donors (Lipinski definition) is 2. The molecule has 5 heteroatoms. The van der Waals surface area contributed by atoms with Gasteiger partial charge in [0.2, 0.25) is 5.91 Å². The molecule has 0 heterocycles. The molecule has 1 unspecified atom stereocenters. The Hall–Kier alpha value is -1.10. The largest absolute Gasteiger partial charge is 0.481 e. The summed E-state index contributed by atoms with van der Waals surface area (Å²) in [5.41, 5.74) is 0. The lowest BCUT2D eigenvalue weighted by Gasteiger charge is -2.22. The van der Waals surface area contributed by atoms with Gasteiger partial charge in [-0.25, -0.2) is 0 Å². The van der Waals surface area contributed by atoms with Crippen LogP contribution in [0.4, 0.5) is 0 Å². The van der Waals surface area contributed by atoms with Gasteiger partial charge in [0, 0.05) is 19.1 Å². The number of likely N-dealkylation sites (N-methyl/N-ethyl adjacent to an activating group) is 1. The lowest BCUT2D eigenvalue weighted by atomic mass is 9.95. The molecule has 5 nitrogen and oxygen atoms in total. The molecular formula is C14H26N2O3. The van der Waals surface area contributed by atoms with Gasteiger partial charge < -0.3 is 15.3 Å². The van der Waals surface area contributed by atoms with Gasteiger partial charge in [-0.1, -0.05) is 6.92 Å². The van der Waals surface area contributed by atoms with E-state index < -0.39 is 11.9 Å². The summed E-state index contributed by atoms with van der Waals surface area (Å²) in [7, 11) is 2.01. The average molecular weight is 270 g/mol. The number of carbonyl (C=O) groups is 2. The molecule has 1 rings (SSSR count). The maximum absolute atomic E-state index is 12.1. The summed E-state index contributed by atoms with van der Waals surface area (Å²) in [6.07, 6.45) is 1.29. The van der Waals surface area contributed by atoms with Crippen LogP contribution in [0.1, 0.15) is 33.6 Å². The molecule has 0 saturated heterocycles. The summed E-state index contributed by atoms with van der Waals surface area (Å²) in [6.45, 7) is 7.56. The molecule has 0 aromatic carbocycles. The number of carboxylic acid groups (broad SMARTS) is 1. The molecule has 19 heavy (non-hydrogen) atoms. The number of nitrogens with zero attached hydrogens (tertiary/aromatic N) is 1. The van der Waals surface area contributed by atoms with E-state index in [0.717, 1.165) is 6.54 Å². The van der Waals surface area contributed by atoms with Crippen LogP contribution >= 0.6 is 0 Å². The summed E-state index contributed by atoms with van der Waals surface area (Å²) in [4.78, 5) is 25.4. The lowest BCUT2D eigenvalue weighted by molar-refractivity contribution is -0.146. The van der Waals surface area contributed by atoms with E-state index in [1.165, 1.54) is 0 Å². The van der Waals surface area contributed by atoms with Gasteiger partial charge in [0.15, 0.2) is 0 Å². The van der Waals surface area contributed by atoms with Crippen molar-refractivity contribution in [2.24, 2.45) is 17.8 Å². The Kier molecular flexibility index (Phi) is 5.79. The van der Waals surface area contributed by atoms with Crippen molar-refractivity contribution < 1.29 is 14.7 Å². The van der Waals surface area contributed by atoms with Gasteiger partial charge >= 0.3 is 5.97 Å². The number of hydrogen-bond acceptors (Lipinski definition) is 3. The first-order valence-electron chi connectivity index (χ1n) is 7.03. The lowest BCUT2D eigenvalue weighted by Crippen LogP contribution is -2.40. The van der Waals surface area contributed by atoms with E-state index in [1.807, 2.05) is 14.0 Å². The Bertz CT molecular complexity index is 331. The monoisotopic (exact) mass is 270 g/mol. The maximum atomic E-state index is 12.1. The molecular weight excluding hydrogens is 244 g/mol. The van der Waals surface area contributed by atoms with Gasteiger partial charge in [0.25, 0.3) is 0 Å². The standard InChI is InChI=1S/C14H26N2O3/c1-9(2)16(4)6-5-15-13(17)11-7-10(3)8-12(11)14(18)19/h9-12H,5-8H2,1-4H3,(H,15,17)(H,18,19)/t10?,11-,12+/m0/s1. The molecule has 0 spiro atoms. The number of nitrogens with one attached hydrogen (secondary N) is 1. The Morgan fingerprint density at radius 1 is 1.32 bits per heavy atom. The third-order valence-electron chi connectivity index (χ3n) is 4.10. The van der Waals surface area contributed by atoms with Crippen molar-refractivity contribution in [1.29, 1.82) is 0 Å². The predicted molar refractivity (Wildman–Crippen MR) is 73.8 cm³/mol. The molecule has 2 N–H and O–H groups in total. The normalized spacial score (nSPS) is 26.9. The van der Waals surface area contributed by atoms with Crippen LogP contribution in [0.25, 0.3) is 0 Å². The summed E-state index contributed by atoms with van der Waals surface area (Å²) in [6, 6.07) is 0.440. The van der Waals surface area contributed by atoms with Crippen molar-refractivity contribution in [3.05, 3.63) is 0 Å². The number of carbonyl (C=O) groups excluding carboxylic acids is 1. The minimum absolute atomic E-state index is 0.103. The van der Waals surface area contributed by atoms with Crippen molar-refractivity contribution in [2.45, 2.75) is 39.7 Å². The first-order valence-corrected chi connectivity index (χ1v) is 7.03. The third kappa shape index (κ3) is 4.49. The minimum Gasteiger partial charge on any atom is -0.481 e. The van der Waals surface area contributed by atoms with Crippen molar-refractivity contribution in [3.8, 4) is 0 Å². The molecule has 1 aliphatic carbocycles. The van der Waals surface area contributed by atoms with Crippen LogP contribution in [0.3, 0.4) is 0 Å². The highest BCUT2D eigenvalue weighted by Crippen LogP contribution is 2.36. The maximum Gasteiger partial charge on any atom is 0.307 e. The van der Waals surface area contributed by atoms with Gasteiger partial charge in [0.05, 0.1) is 11.8 Å². The SMILES string of the molecule is CC1C[C@H](C(=O)NCCN(C)C(C)C)[C@H](C(=O)O)C1. The van der Waals surface area contributed by atoms with Crippen LogP contribution in [0, 0.1) is 17.8 Å². The molecule has 1 fully saturated rings. The summed E-state index contributed by atoms with van der Waals surface area (Å²) in [5, 5.41) is 12.0. The van der Waals surface area contributed by atoms with Gasteiger partial charge in [-0.05, 0) is 39.7 Å². The number of rotatable bonds is 6. The molecule has 0 aromatic rings. The quantitative estimate of drug-likeness (QED) is 0.760. The molecule has 0 aliphatic heterocycles. The van der Waals surface area contributed by atoms with E-state index in [9.17, 15) is 9.59 Å². The first-order chi connectivity index (χ1) is 8.82. The van der Waals surface area contributed by atoms with E-state index >= 15 is 0 Å². The second kappa shape index (κ2) is 6.89. The molecule has 110 valence electrons. The summed E-state index contributed by atoms with van der Waals surface area (Å²) >= 11 is 0. The molecule has 0 bridgehead atoms. The van der Waals surface area contributed by atoms with Gasteiger partial charge in [0.1, 0.15) is 0 Å². The number of amides is 1. The topological polar surface area (TPSA) is 69.6 Å². The Morgan fingerprint density at radius 3 is 2.42 bits per heavy atom. The van der Waals surface area contributed by atoms with E-state index in [2.05, 4.69) is 24.1 Å². The zero-order chi connectivity index (χ0) is 14.6. The zero-order valence-corrected chi connectivity index (χ0v) is 12.3. The average Bonchev–Trinajstić information content (AvgIpc) is 2.71. The van der Waals surface area contributed by atoms with Gasteiger partial charge in [-0.15, -0.1) is 0 Å². The second-order valence-electron chi connectivity index (χ2n) is 5.99. The first kappa shape index (κ1) is 16.0. The molecule has 3 atom stereocenters. The van der Waals surface area contributed by atoms with E-state index in [4.69, 9.17) is 5.11 Å². The molecule has 1 aliphatic rings. The summed E-state index contributed by atoms with van der Waals surface area (Å²) < 4.78 is 0. The minimum atomic E-state index is -0.844. The fourth-order valence-electron chi connectivity index (χ4n) is 2.60. The fraction of sp³-hybridized carbons (Fsp3) is 0.857. The van der Waals surface area contributed by atoms with Crippen molar-refractivity contribution >= 4 is 11.9 Å². The molecule has 0 radical (unpaired) electrons. The van der Waals surface area contributed by atoms with Gasteiger partial charge in [-0.2, -0.15) is 0 Å². The Morgan fingerprint density at radius 2 is 1.89 bits per heavy atom. The van der Waals surface area contributed by atoms with Crippen molar-refractivity contribution in [1.82, 2.24) is 10.2 Å². The molecule has 1 saturated carbocycles. The van der Waals surface area contributed by atoms with Gasteiger partial charge in [-0.3, -0.25) is 9.59 Å². The Labute approximate surface area is 115 Å². The number of carboxylic acids is 1. The zero-order valence-electron chi connectivity index (χ0n) is 12.3. The van der Waals surface area contributed by atoms with E-state index in [-0.39, 0.29) is 11.8 Å². The summed E-state index contributed by atoms with van der Waals surface area (Å²) in [5.74, 6) is -1.51. The predicted octanol–water partition coefficient (Wildman–Crippen LogP) is 1.19. The highest BCUT2D eigenvalue weighted by Gasteiger charge is 2.40. The number of aliphatic carboxylic acids is 1. The molecule has 1 amide bonds. The van der Waals surface area contributed by atoms with Crippen molar-refractivity contribution in [3.63, 3.8) is 0 Å². The van der Waals surface area contributed by atoms with Crippen LogP contribution in [-0.2, 0) is 9.59 Å². The van der Waals surface area contributed by atoms with Crippen molar-refractivity contribution in [2.75, 3.05) is 20.1 Å². The smallest absolute Gasteiger partial charge is 0.307 e. The van der Waals surface area contributed by atoms with Crippen LogP contribution in [-0.4, -0.2) is 48.1 Å². The van der Waals surface area contributed by atoms with Crippen LogP contribution in [0.2, 0.25) is 0 Å². The highest BCUT2D eigenvalue weighted by atomic mass is 16.4.